The largest absolute Gasteiger partial charge is 0.493 e. The van der Waals surface area contributed by atoms with Crippen LogP contribution in [0.5, 0.6) is 11.5 Å². The molecule has 0 spiro atoms. The molecule has 0 aliphatic rings. The zero-order valence-electron chi connectivity index (χ0n) is 13.7. The quantitative estimate of drug-likeness (QED) is 0.798. The van der Waals surface area contributed by atoms with Gasteiger partial charge in [-0.05, 0) is 49.7 Å². The minimum Gasteiger partial charge on any atom is -0.493 e. The van der Waals surface area contributed by atoms with Gasteiger partial charge in [0.15, 0.2) is 11.5 Å². The summed E-state index contributed by atoms with van der Waals surface area (Å²) in [6.07, 6.45) is 0.776. The third kappa shape index (κ3) is 3.86. The summed E-state index contributed by atoms with van der Waals surface area (Å²) in [6.45, 7) is 4.07. The molecule has 24 heavy (non-hydrogen) atoms. The molecule has 0 aliphatic heterocycles. The number of aryl methyl sites for hydroxylation is 1. The van der Waals surface area contributed by atoms with Gasteiger partial charge in [-0.1, -0.05) is 11.6 Å². The minimum atomic E-state index is -0.337. The van der Waals surface area contributed by atoms with Gasteiger partial charge in [0.05, 0.1) is 18.7 Å². The van der Waals surface area contributed by atoms with Crippen LogP contribution in [0, 0.1) is 6.92 Å². The molecule has 0 saturated carbocycles. The van der Waals surface area contributed by atoms with E-state index in [1.807, 2.05) is 6.92 Å². The van der Waals surface area contributed by atoms with Crippen LogP contribution in [0.1, 0.15) is 33.2 Å². The first kappa shape index (κ1) is 17.8. The van der Waals surface area contributed by atoms with E-state index in [9.17, 15) is 9.59 Å². The van der Waals surface area contributed by atoms with E-state index in [4.69, 9.17) is 21.1 Å². The maximum Gasteiger partial charge on any atom is 0.255 e. The molecule has 0 fully saturated rings. The van der Waals surface area contributed by atoms with Crippen LogP contribution in [0.2, 0.25) is 5.02 Å². The highest BCUT2D eigenvalue weighted by Crippen LogP contribution is 2.36. The molecular formula is C18H18ClNO4. The fourth-order valence-corrected chi connectivity index (χ4v) is 2.49. The number of nitrogens with one attached hydrogen (secondary N) is 1. The number of hydrogen-bond acceptors (Lipinski definition) is 4. The Morgan fingerprint density at radius 2 is 2.04 bits per heavy atom. The second kappa shape index (κ2) is 7.84. The standard InChI is InChI=1S/C18H18ClNO4/c1-4-24-17-15(19)8-13(9-16(17)23-3)18(22)20-14-6-5-12(10-21)11(2)7-14/h5-10H,4H2,1-3H3,(H,20,22). The maximum atomic E-state index is 12.4. The monoisotopic (exact) mass is 347 g/mol. The fraction of sp³-hybridized carbons (Fsp3) is 0.222. The average Bonchev–Trinajstić information content (AvgIpc) is 2.56. The molecule has 0 atom stereocenters. The molecule has 1 N–H and O–H groups in total. The van der Waals surface area contributed by atoms with Crippen LogP contribution in [-0.2, 0) is 0 Å². The van der Waals surface area contributed by atoms with Crippen LogP contribution >= 0.6 is 11.6 Å². The minimum absolute atomic E-state index is 0.300. The lowest BCUT2D eigenvalue weighted by Crippen LogP contribution is -2.12. The maximum absolute atomic E-state index is 12.4. The lowest BCUT2D eigenvalue weighted by Gasteiger charge is -2.13. The van der Waals surface area contributed by atoms with E-state index < -0.39 is 0 Å². The predicted octanol–water partition coefficient (Wildman–Crippen LogP) is 4.12. The zero-order valence-corrected chi connectivity index (χ0v) is 14.4. The Balaban J connectivity index is 2.28. The van der Waals surface area contributed by atoms with E-state index in [0.717, 1.165) is 11.8 Å². The Bertz CT molecular complexity index is 774. The molecular weight excluding hydrogens is 330 g/mol. The molecule has 1 amide bonds. The smallest absolute Gasteiger partial charge is 0.255 e. The van der Waals surface area contributed by atoms with Gasteiger partial charge in [-0.2, -0.15) is 0 Å². The first-order valence-corrected chi connectivity index (χ1v) is 7.75. The van der Waals surface area contributed by atoms with Gasteiger partial charge in [0, 0.05) is 16.8 Å². The highest BCUT2D eigenvalue weighted by atomic mass is 35.5. The summed E-state index contributed by atoms with van der Waals surface area (Å²) in [5.74, 6) is 0.461. The Labute approximate surface area is 145 Å². The Kier molecular flexibility index (Phi) is 5.82. The number of rotatable bonds is 6. The topological polar surface area (TPSA) is 64.6 Å². The number of carbonyl (C=O) groups excluding carboxylic acids is 2. The van der Waals surface area contributed by atoms with E-state index in [1.54, 1.807) is 31.2 Å². The van der Waals surface area contributed by atoms with Crippen molar-refractivity contribution in [3.63, 3.8) is 0 Å². The molecule has 0 aromatic heterocycles. The van der Waals surface area contributed by atoms with Gasteiger partial charge in [-0.3, -0.25) is 9.59 Å². The third-order valence-electron chi connectivity index (χ3n) is 3.43. The predicted molar refractivity (Wildman–Crippen MR) is 93.7 cm³/mol. The van der Waals surface area contributed by atoms with Crippen molar-refractivity contribution < 1.29 is 19.1 Å². The lowest BCUT2D eigenvalue weighted by molar-refractivity contribution is 0.102. The molecule has 0 bridgehead atoms. The molecule has 2 rings (SSSR count). The van der Waals surface area contributed by atoms with Crippen molar-refractivity contribution >= 4 is 29.5 Å². The normalized spacial score (nSPS) is 10.2. The number of aldehydes is 1. The van der Waals surface area contributed by atoms with E-state index >= 15 is 0 Å². The number of ether oxygens (including phenoxy) is 2. The summed E-state index contributed by atoms with van der Waals surface area (Å²) >= 11 is 6.18. The van der Waals surface area contributed by atoms with Crippen LogP contribution < -0.4 is 14.8 Å². The summed E-state index contributed by atoms with van der Waals surface area (Å²) in [6, 6.07) is 8.15. The van der Waals surface area contributed by atoms with Crippen molar-refractivity contribution in [3.8, 4) is 11.5 Å². The van der Waals surface area contributed by atoms with Crippen LogP contribution in [0.4, 0.5) is 5.69 Å². The number of anilines is 1. The fourth-order valence-electron chi connectivity index (χ4n) is 2.22. The second-order valence-electron chi connectivity index (χ2n) is 5.07. The molecule has 0 aliphatic carbocycles. The molecule has 0 unspecified atom stereocenters. The van der Waals surface area contributed by atoms with Crippen LogP contribution in [-0.4, -0.2) is 25.9 Å². The molecule has 0 heterocycles. The van der Waals surface area contributed by atoms with E-state index in [-0.39, 0.29) is 5.91 Å². The highest BCUT2D eigenvalue weighted by molar-refractivity contribution is 6.32. The van der Waals surface area contributed by atoms with Gasteiger partial charge < -0.3 is 14.8 Å². The Morgan fingerprint density at radius 1 is 1.29 bits per heavy atom. The molecule has 2 aromatic rings. The molecule has 126 valence electrons. The first-order valence-electron chi connectivity index (χ1n) is 7.37. The molecule has 2 aromatic carbocycles. The van der Waals surface area contributed by atoms with Gasteiger partial charge in [0.2, 0.25) is 0 Å². The Morgan fingerprint density at radius 3 is 2.62 bits per heavy atom. The number of carbonyl (C=O) groups is 2. The lowest BCUT2D eigenvalue weighted by atomic mass is 10.1. The van der Waals surface area contributed by atoms with Crippen molar-refractivity contribution in [1.29, 1.82) is 0 Å². The Hall–Kier alpha value is -2.53. The van der Waals surface area contributed by atoms with Gasteiger partial charge in [0.25, 0.3) is 5.91 Å². The summed E-state index contributed by atoms with van der Waals surface area (Å²) in [5, 5.41) is 3.07. The van der Waals surface area contributed by atoms with Crippen molar-refractivity contribution in [2.75, 3.05) is 19.0 Å². The van der Waals surface area contributed by atoms with Crippen molar-refractivity contribution in [2.45, 2.75) is 13.8 Å². The van der Waals surface area contributed by atoms with Crippen LogP contribution in [0.3, 0.4) is 0 Å². The number of amides is 1. The second-order valence-corrected chi connectivity index (χ2v) is 5.47. The van der Waals surface area contributed by atoms with E-state index in [2.05, 4.69) is 5.32 Å². The highest BCUT2D eigenvalue weighted by Gasteiger charge is 2.16. The number of halogens is 1. The van der Waals surface area contributed by atoms with Crippen LogP contribution in [0.15, 0.2) is 30.3 Å². The van der Waals surface area contributed by atoms with Gasteiger partial charge >= 0.3 is 0 Å². The summed E-state index contributed by atoms with van der Waals surface area (Å²) in [5.41, 5.74) is 2.30. The molecule has 0 radical (unpaired) electrons. The third-order valence-corrected chi connectivity index (χ3v) is 3.72. The number of benzene rings is 2. The summed E-state index contributed by atoms with van der Waals surface area (Å²) in [4.78, 5) is 23.3. The number of methoxy groups -OCH3 is 1. The van der Waals surface area contributed by atoms with Gasteiger partial charge in [0.1, 0.15) is 6.29 Å². The average molecular weight is 348 g/mol. The molecule has 6 heteroatoms. The zero-order chi connectivity index (χ0) is 17.7. The summed E-state index contributed by atoms with van der Waals surface area (Å²) < 4.78 is 10.7. The van der Waals surface area contributed by atoms with E-state index in [1.165, 1.54) is 13.2 Å². The van der Waals surface area contributed by atoms with Crippen molar-refractivity contribution in [2.24, 2.45) is 0 Å². The van der Waals surface area contributed by atoms with Crippen molar-refractivity contribution in [1.82, 2.24) is 0 Å². The first-order chi connectivity index (χ1) is 11.5. The molecule has 0 saturated heterocycles. The summed E-state index contributed by atoms with van der Waals surface area (Å²) in [7, 11) is 1.48. The van der Waals surface area contributed by atoms with Crippen molar-refractivity contribution in [3.05, 3.63) is 52.0 Å². The van der Waals surface area contributed by atoms with Crippen LogP contribution in [0.25, 0.3) is 0 Å². The van der Waals surface area contributed by atoms with E-state index in [0.29, 0.717) is 39.9 Å². The SMILES string of the molecule is CCOc1c(Cl)cc(C(=O)Nc2ccc(C=O)c(C)c2)cc1OC. The van der Waals surface area contributed by atoms with Gasteiger partial charge in [-0.15, -0.1) is 0 Å². The molecule has 5 nitrogen and oxygen atoms in total. The van der Waals surface area contributed by atoms with Gasteiger partial charge in [-0.25, -0.2) is 0 Å². The number of hydrogen-bond donors (Lipinski definition) is 1.